The Morgan fingerprint density at radius 1 is 1.38 bits per heavy atom. The molecule has 3 N–H and O–H groups in total. The van der Waals surface area contributed by atoms with Crippen LogP contribution < -0.4 is 11.1 Å². The van der Waals surface area contributed by atoms with Crippen LogP contribution in [0, 0.1) is 0 Å². The zero-order chi connectivity index (χ0) is 15.6. The molecule has 0 saturated heterocycles. The molecule has 0 spiro atoms. The molecule has 0 saturated carbocycles. The van der Waals surface area contributed by atoms with E-state index >= 15 is 0 Å². The van der Waals surface area contributed by atoms with E-state index in [1.54, 1.807) is 13.2 Å². The summed E-state index contributed by atoms with van der Waals surface area (Å²) in [6.07, 6.45) is -0.574. The molecular formula is C12H12F3N5O. The second-order valence-electron chi connectivity index (χ2n) is 4.34. The highest BCUT2D eigenvalue weighted by molar-refractivity contribution is 5.95. The SMILES string of the molecule is Cn1cc(C(N)C(=O)Nc2ccc(C(F)(F)F)nc2)cn1. The van der Waals surface area contributed by atoms with E-state index in [0.717, 1.165) is 18.3 Å². The Bertz CT molecular complexity index is 635. The van der Waals surface area contributed by atoms with E-state index in [-0.39, 0.29) is 5.69 Å². The van der Waals surface area contributed by atoms with Gasteiger partial charge in [0.1, 0.15) is 11.7 Å². The minimum absolute atomic E-state index is 0.132. The summed E-state index contributed by atoms with van der Waals surface area (Å²) < 4.78 is 38.6. The normalized spacial score (nSPS) is 13.0. The van der Waals surface area contributed by atoms with E-state index in [4.69, 9.17) is 5.73 Å². The average molecular weight is 299 g/mol. The van der Waals surface area contributed by atoms with Crippen LogP contribution in [-0.4, -0.2) is 20.7 Å². The van der Waals surface area contributed by atoms with Gasteiger partial charge in [-0.15, -0.1) is 0 Å². The molecule has 0 fully saturated rings. The maximum Gasteiger partial charge on any atom is 0.433 e. The smallest absolute Gasteiger partial charge is 0.323 e. The second kappa shape index (κ2) is 5.52. The molecule has 2 aromatic rings. The van der Waals surface area contributed by atoms with Gasteiger partial charge >= 0.3 is 6.18 Å². The first-order valence-electron chi connectivity index (χ1n) is 5.85. The number of pyridine rings is 1. The summed E-state index contributed by atoms with van der Waals surface area (Å²) in [5.74, 6) is -0.565. The molecule has 21 heavy (non-hydrogen) atoms. The van der Waals surface area contributed by atoms with Gasteiger partial charge in [-0.2, -0.15) is 18.3 Å². The molecule has 1 unspecified atom stereocenters. The lowest BCUT2D eigenvalue weighted by Crippen LogP contribution is -2.27. The topological polar surface area (TPSA) is 85.8 Å². The van der Waals surface area contributed by atoms with Gasteiger partial charge in [0, 0.05) is 18.8 Å². The molecule has 6 nitrogen and oxygen atoms in total. The maximum atomic E-state index is 12.4. The van der Waals surface area contributed by atoms with Crippen molar-refractivity contribution in [1.82, 2.24) is 14.8 Å². The molecule has 0 aromatic carbocycles. The molecule has 2 rings (SSSR count). The summed E-state index contributed by atoms with van der Waals surface area (Å²) in [7, 11) is 1.67. The molecule has 2 aromatic heterocycles. The molecule has 2 heterocycles. The van der Waals surface area contributed by atoms with Crippen LogP contribution in [0.5, 0.6) is 0 Å². The zero-order valence-corrected chi connectivity index (χ0v) is 10.9. The van der Waals surface area contributed by atoms with E-state index in [0.29, 0.717) is 5.56 Å². The first-order valence-corrected chi connectivity index (χ1v) is 5.85. The van der Waals surface area contributed by atoms with Crippen LogP contribution in [-0.2, 0) is 18.0 Å². The number of alkyl halides is 3. The lowest BCUT2D eigenvalue weighted by Gasteiger charge is -2.11. The first-order chi connectivity index (χ1) is 9.77. The summed E-state index contributed by atoms with van der Waals surface area (Å²) in [5, 5.41) is 6.28. The van der Waals surface area contributed by atoms with Crippen LogP contribution in [0.4, 0.5) is 18.9 Å². The summed E-state index contributed by atoms with van der Waals surface area (Å²) >= 11 is 0. The summed E-state index contributed by atoms with van der Waals surface area (Å²) in [6, 6.07) is 0.926. The van der Waals surface area contributed by atoms with E-state index in [1.807, 2.05) is 0 Å². The number of carbonyl (C=O) groups excluding carboxylic acids is 1. The van der Waals surface area contributed by atoms with Crippen LogP contribution in [0.3, 0.4) is 0 Å². The molecule has 0 aliphatic rings. The number of hydrogen-bond acceptors (Lipinski definition) is 4. The number of aryl methyl sites for hydroxylation is 1. The Morgan fingerprint density at radius 2 is 2.10 bits per heavy atom. The van der Waals surface area contributed by atoms with E-state index < -0.39 is 23.8 Å². The van der Waals surface area contributed by atoms with Crippen molar-refractivity contribution >= 4 is 11.6 Å². The van der Waals surface area contributed by atoms with Crippen molar-refractivity contribution in [3.05, 3.63) is 42.0 Å². The van der Waals surface area contributed by atoms with Crippen molar-refractivity contribution < 1.29 is 18.0 Å². The summed E-state index contributed by atoms with van der Waals surface area (Å²) in [4.78, 5) is 15.1. The minimum Gasteiger partial charge on any atom is -0.323 e. The Morgan fingerprint density at radius 3 is 2.57 bits per heavy atom. The Balaban J connectivity index is 2.06. The maximum absolute atomic E-state index is 12.4. The minimum atomic E-state index is -4.52. The number of hydrogen-bond donors (Lipinski definition) is 2. The molecule has 0 aliphatic heterocycles. The highest BCUT2D eigenvalue weighted by Crippen LogP contribution is 2.27. The summed E-state index contributed by atoms with van der Waals surface area (Å²) in [6.45, 7) is 0. The largest absolute Gasteiger partial charge is 0.433 e. The number of aromatic nitrogens is 3. The van der Waals surface area contributed by atoms with Gasteiger partial charge in [-0.25, -0.2) is 4.98 Å². The van der Waals surface area contributed by atoms with Crippen molar-refractivity contribution in [2.24, 2.45) is 12.8 Å². The lowest BCUT2D eigenvalue weighted by molar-refractivity contribution is -0.141. The average Bonchev–Trinajstić information content (AvgIpc) is 2.84. The molecule has 0 aliphatic carbocycles. The molecule has 1 atom stereocenters. The Labute approximate surface area is 117 Å². The quantitative estimate of drug-likeness (QED) is 0.898. The number of nitrogens with two attached hydrogens (primary N) is 1. The summed E-state index contributed by atoms with van der Waals surface area (Å²) in [5.41, 5.74) is 5.33. The fraction of sp³-hybridized carbons (Fsp3) is 0.250. The van der Waals surface area contributed by atoms with Gasteiger partial charge in [-0.3, -0.25) is 9.48 Å². The van der Waals surface area contributed by atoms with Crippen molar-refractivity contribution in [3.8, 4) is 0 Å². The van der Waals surface area contributed by atoms with Crippen molar-refractivity contribution in [2.45, 2.75) is 12.2 Å². The predicted molar refractivity (Wildman–Crippen MR) is 68.0 cm³/mol. The van der Waals surface area contributed by atoms with Gasteiger partial charge in [0.15, 0.2) is 0 Å². The van der Waals surface area contributed by atoms with Crippen molar-refractivity contribution in [3.63, 3.8) is 0 Å². The van der Waals surface area contributed by atoms with Gasteiger partial charge in [-0.1, -0.05) is 0 Å². The number of rotatable bonds is 3. The zero-order valence-electron chi connectivity index (χ0n) is 10.9. The Hall–Kier alpha value is -2.42. The molecule has 1 amide bonds. The van der Waals surface area contributed by atoms with Crippen LogP contribution in [0.2, 0.25) is 0 Å². The third-order valence-corrected chi connectivity index (χ3v) is 2.69. The number of amides is 1. The molecule has 9 heteroatoms. The van der Waals surface area contributed by atoms with Crippen molar-refractivity contribution in [2.75, 3.05) is 5.32 Å². The van der Waals surface area contributed by atoms with Gasteiger partial charge in [0.2, 0.25) is 5.91 Å². The number of nitrogens with one attached hydrogen (secondary N) is 1. The van der Waals surface area contributed by atoms with Crippen LogP contribution in [0.1, 0.15) is 17.3 Å². The van der Waals surface area contributed by atoms with Gasteiger partial charge < -0.3 is 11.1 Å². The number of carbonyl (C=O) groups is 1. The van der Waals surface area contributed by atoms with Crippen molar-refractivity contribution in [1.29, 1.82) is 0 Å². The molecule has 0 radical (unpaired) electrons. The lowest BCUT2D eigenvalue weighted by atomic mass is 10.1. The monoisotopic (exact) mass is 299 g/mol. The highest BCUT2D eigenvalue weighted by atomic mass is 19.4. The predicted octanol–water partition coefficient (Wildman–Crippen LogP) is 1.47. The van der Waals surface area contributed by atoms with Gasteiger partial charge in [-0.05, 0) is 12.1 Å². The van der Waals surface area contributed by atoms with Crippen LogP contribution >= 0.6 is 0 Å². The molecule has 0 bridgehead atoms. The molecule has 112 valence electrons. The standard InChI is InChI=1S/C12H12F3N5O/c1-20-6-7(4-18-20)10(16)11(21)19-8-2-3-9(17-5-8)12(13,14)15/h2-6,10H,16H2,1H3,(H,19,21). The van der Waals surface area contributed by atoms with Crippen LogP contribution in [0.25, 0.3) is 0 Å². The number of anilines is 1. The Kier molecular flexibility index (Phi) is 3.94. The third kappa shape index (κ3) is 3.57. The number of nitrogens with zero attached hydrogens (tertiary/aromatic N) is 3. The fourth-order valence-electron chi connectivity index (χ4n) is 1.61. The second-order valence-corrected chi connectivity index (χ2v) is 4.34. The van der Waals surface area contributed by atoms with E-state index in [2.05, 4.69) is 15.4 Å². The first kappa shape index (κ1) is 15.0. The van der Waals surface area contributed by atoms with E-state index in [1.165, 1.54) is 10.9 Å². The van der Waals surface area contributed by atoms with Gasteiger partial charge in [0.05, 0.1) is 18.1 Å². The van der Waals surface area contributed by atoms with Gasteiger partial charge in [0.25, 0.3) is 0 Å². The fourth-order valence-corrected chi connectivity index (χ4v) is 1.61. The highest BCUT2D eigenvalue weighted by Gasteiger charge is 2.32. The molecular weight excluding hydrogens is 287 g/mol. The van der Waals surface area contributed by atoms with E-state index in [9.17, 15) is 18.0 Å². The van der Waals surface area contributed by atoms with Crippen LogP contribution in [0.15, 0.2) is 30.7 Å². The number of halogens is 3. The third-order valence-electron chi connectivity index (χ3n) is 2.69.